The average molecular weight is 393 g/mol. The minimum Gasteiger partial charge on any atom is -0.340 e. The van der Waals surface area contributed by atoms with E-state index in [4.69, 9.17) is 0 Å². The quantitative estimate of drug-likeness (QED) is 0.694. The molecule has 0 radical (unpaired) electrons. The summed E-state index contributed by atoms with van der Waals surface area (Å²) < 4.78 is 0. The van der Waals surface area contributed by atoms with Crippen LogP contribution in [0.4, 0.5) is 10.8 Å². The van der Waals surface area contributed by atoms with E-state index in [1.54, 1.807) is 0 Å². The zero-order chi connectivity index (χ0) is 19.2. The van der Waals surface area contributed by atoms with Crippen molar-refractivity contribution in [1.29, 1.82) is 0 Å². The molecule has 1 amide bonds. The van der Waals surface area contributed by atoms with Gasteiger partial charge < -0.3 is 10.2 Å². The number of rotatable bonds is 6. The van der Waals surface area contributed by atoms with Gasteiger partial charge in [-0.3, -0.25) is 9.69 Å². The van der Waals surface area contributed by atoms with Crippen molar-refractivity contribution in [1.82, 2.24) is 14.8 Å². The molecule has 3 aromatic rings. The van der Waals surface area contributed by atoms with E-state index in [1.807, 2.05) is 46.7 Å². The van der Waals surface area contributed by atoms with Crippen LogP contribution < -0.4 is 5.32 Å². The molecule has 0 unspecified atom stereocenters. The number of anilines is 2. The maximum atomic E-state index is 12.7. The summed E-state index contributed by atoms with van der Waals surface area (Å²) in [6.07, 6.45) is 0.367. The summed E-state index contributed by atoms with van der Waals surface area (Å²) in [7, 11) is 0. The van der Waals surface area contributed by atoms with Crippen molar-refractivity contribution in [2.45, 2.75) is 13.0 Å². The standard InChI is InChI=1S/C22H24N4OS/c27-21(15-20-17-28-22(24-20)23-19-9-5-2-6-10-19)26-13-11-25(12-14-26)16-18-7-3-1-4-8-18/h1-10,17H,11-16H2,(H,23,24). The number of carbonyl (C=O) groups excluding carboxylic acids is 1. The minimum atomic E-state index is 0.163. The molecule has 0 spiro atoms. The number of aromatic nitrogens is 1. The largest absolute Gasteiger partial charge is 0.340 e. The van der Waals surface area contributed by atoms with Gasteiger partial charge in [-0.05, 0) is 17.7 Å². The maximum Gasteiger partial charge on any atom is 0.228 e. The lowest BCUT2D eigenvalue weighted by Crippen LogP contribution is -2.48. The van der Waals surface area contributed by atoms with Crippen molar-refractivity contribution in [3.63, 3.8) is 0 Å². The van der Waals surface area contributed by atoms with Gasteiger partial charge in [-0.25, -0.2) is 4.98 Å². The lowest BCUT2D eigenvalue weighted by molar-refractivity contribution is -0.132. The van der Waals surface area contributed by atoms with E-state index in [1.165, 1.54) is 16.9 Å². The highest BCUT2D eigenvalue weighted by Gasteiger charge is 2.22. The SMILES string of the molecule is O=C(Cc1csc(Nc2ccccc2)n1)N1CCN(Cc2ccccc2)CC1. The van der Waals surface area contributed by atoms with Crippen LogP contribution in [0.5, 0.6) is 0 Å². The third-order valence-corrected chi connectivity index (χ3v) is 5.69. The van der Waals surface area contributed by atoms with E-state index in [-0.39, 0.29) is 5.91 Å². The fourth-order valence-corrected chi connectivity index (χ4v) is 4.08. The van der Waals surface area contributed by atoms with Crippen LogP contribution in [0, 0.1) is 0 Å². The van der Waals surface area contributed by atoms with Gasteiger partial charge in [0, 0.05) is 43.8 Å². The number of para-hydroxylation sites is 1. The molecular formula is C22H24N4OS. The summed E-state index contributed by atoms with van der Waals surface area (Å²) in [5, 5.41) is 6.07. The lowest BCUT2D eigenvalue weighted by Gasteiger charge is -2.34. The Balaban J connectivity index is 1.26. The van der Waals surface area contributed by atoms with Gasteiger partial charge in [-0.2, -0.15) is 0 Å². The molecule has 0 saturated carbocycles. The molecule has 2 heterocycles. The topological polar surface area (TPSA) is 48.5 Å². The predicted molar refractivity (Wildman–Crippen MR) is 114 cm³/mol. The molecule has 1 fully saturated rings. The Morgan fingerprint density at radius 2 is 1.64 bits per heavy atom. The third-order valence-electron chi connectivity index (χ3n) is 4.88. The normalized spacial score (nSPS) is 14.8. The van der Waals surface area contributed by atoms with E-state index < -0.39 is 0 Å². The number of nitrogens with zero attached hydrogens (tertiary/aromatic N) is 3. The Bertz CT molecular complexity index is 889. The number of piperazine rings is 1. The molecule has 1 aliphatic heterocycles. The monoisotopic (exact) mass is 392 g/mol. The molecule has 5 nitrogen and oxygen atoms in total. The second-order valence-electron chi connectivity index (χ2n) is 6.95. The van der Waals surface area contributed by atoms with Crippen molar-refractivity contribution in [3.05, 3.63) is 77.3 Å². The molecule has 1 aromatic heterocycles. The maximum absolute atomic E-state index is 12.7. The van der Waals surface area contributed by atoms with Crippen molar-refractivity contribution in [2.24, 2.45) is 0 Å². The van der Waals surface area contributed by atoms with Crippen LogP contribution in [0.15, 0.2) is 66.0 Å². The van der Waals surface area contributed by atoms with E-state index in [0.717, 1.165) is 49.2 Å². The Kier molecular flexibility index (Phi) is 5.99. The number of nitrogens with one attached hydrogen (secondary N) is 1. The minimum absolute atomic E-state index is 0.163. The summed E-state index contributed by atoms with van der Waals surface area (Å²) >= 11 is 1.53. The molecule has 4 rings (SSSR count). The molecule has 2 aromatic carbocycles. The first-order valence-corrected chi connectivity index (χ1v) is 10.4. The molecule has 0 atom stereocenters. The summed E-state index contributed by atoms with van der Waals surface area (Å²) in [6.45, 7) is 4.34. The highest BCUT2D eigenvalue weighted by Crippen LogP contribution is 2.21. The Morgan fingerprint density at radius 1 is 0.964 bits per heavy atom. The van der Waals surface area contributed by atoms with Gasteiger partial charge in [-0.1, -0.05) is 48.5 Å². The fourth-order valence-electron chi connectivity index (χ4n) is 3.35. The van der Waals surface area contributed by atoms with E-state index in [9.17, 15) is 4.79 Å². The third kappa shape index (κ3) is 4.97. The molecule has 1 N–H and O–H groups in total. The van der Waals surface area contributed by atoms with E-state index in [2.05, 4.69) is 39.5 Å². The van der Waals surface area contributed by atoms with Crippen LogP contribution in [-0.2, 0) is 17.8 Å². The van der Waals surface area contributed by atoms with Crippen molar-refractivity contribution in [3.8, 4) is 0 Å². The highest BCUT2D eigenvalue weighted by molar-refractivity contribution is 7.13. The lowest BCUT2D eigenvalue weighted by atomic mass is 10.2. The number of thiazole rings is 1. The van der Waals surface area contributed by atoms with Crippen LogP contribution >= 0.6 is 11.3 Å². The molecule has 1 aliphatic rings. The van der Waals surface area contributed by atoms with Crippen LogP contribution in [0.2, 0.25) is 0 Å². The molecular weight excluding hydrogens is 368 g/mol. The van der Waals surface area contributed by atoms with Gasteiger partial charge in [0.25, 0.3) is 0 Å². The summed E-state index contributed by atoms with van der Waals surface area (Å²) in [4.78, 5) is 21.6. The average Bonchev–Trinajstić information content (AvgIpc) is 3.17. The van der Waals surface area contributed by atoms with Crippen molar-refractivity contribution < 1.29 is 4.79 Å². The fraction of sp³-hybridized carbons (Fsp3) is 0.273. The summed E-state index contributed by atoms with van der Waals surface area (Å²) in [5.74, 6) is 0.163. The van der Waals surface area contributed by atoms with Gasteiger partial charge in [0.05, 0.1) is 12.1 Å². The van der Waals surface area contributed by atoms with Gasteiger partial charge in [0.2, 0.25) is 5.91 Å². The number of benzene rings is 2. The predicted octanol–water partition coefficient (Wildman–Crippen LogP) is 3.77. The van der Waals surface area contributed by atoms with Crippen LogP contribution in [0.25, 0.3) is 0 Å². The second-order valence-corrected chi connectivity index (χ2v) is 7.81. The van der Waals surface area contributed by atoms with Crippen molar-refractivity contribution in [2.75, 3.05) is 31.5 Å². The van der Waals surface area contributed by atoms with Gasteiger partial charge in [0.15, 0.2) is 5.13 Å². The van der Waals surface area contributed by atoms with Gasteiger partial charge >= 0.3 is 0 Å². The Hall–Kier alpha value is -2.70. The first-order chi connectivity index (χ1) is 13.8. The zero-order valence-corrected chi connectivity index (χ0v) is 16.6. The molecule has 0 aliphatic carbocycles. The van der Waals surface area contributed by atoms with Crippen LogP contribution in [0.3, 0.4) is 0 Å². The van der Waals surface area contributed by atoms with Gasteiger partial charge in [0.1, 0.15) is 0 Å². The van der Waals surface area contributed by atoms with E-state index in [0.29, 0.717) is 6.42 Å². The molecule has 144 valence electrons. The van der Waals surface area contributed by atoms with E-state index >= 15 is 0 Å². The Morgan fingerprint density at radius 3 is 2.36 bits per heavy atom. The van der Waals surface area contributed by atoms with Gasteiger partial charge in [-0.15, -0.1) is 11.3 Å². The molecule has 1 saturated heterocycles. The second kappa shape index (κ2) is 8.99. The number of carbonyl (C=O) groups is 1. The van der Waals surface area contributed by atoms with Crippen molar-refractivity contribution >= 4 is 28.1 Å². The highest BCUT2D eigenvalue weighted by atomic mass is 32.1. The summed E-state index contributed by atoms with van der Waals surface area (Å²) in [5.41, 5.74) is 3.16. The zero-order valence-electron chi connectivity index (χ0n) is 15.8. The summed E-state index contributed by atoms with van der Waals surface area (Å²) in [6, 6.07) is 20.4. The molecule has 6 heteroatoms. The molecule has 28 heavy (non-hydrogen) atoms. The first kappa shape index (κ1) is 18.7. The number of hydrogen-bond donors (Lipinski definition) is 1. The molecule has 0 bridgehead atoms. The smallest absolute Gasteiger partial charge is 0.228 e. The number of amides is 1. The first-order valence-electron chi connectivity index (χ1n) is 9.57. The number of hydrogen-bond acceptors (Lipinski definition) is 5. The Labute approximate surface area is 169 Å². The van der Waals surface area contributed by atoms with Crippen LogP contribution in [-0.4, -0.2) is 46.9 Å². The van der Waals surface area contributed by atoms with Crippen LogP contribution in [0.1, 0.15) is 11.3 Å².